The van der Waals surface area contributed by atoms with E-state index in [-0.39, 0.29) is 11.9 Å². The van der Waals surface area contributed by atoms with E-state index in [1.165, 1.54) is 6.07 Å². The van der Waals surface area contributed by atoms with Gasteiger partial charge in [-0.25, -0.2) is 4.39 Å². The van der Waals surface area contributed by atoms with Crippen LogP contribution in [0.4, 0.5) is 10.2 Å². The number of benzene rings is 3. The van der Waals surface area contributed by atoms with Crippen molar-refractivity contribution in [1.29, 1.82) is 0 Å². The molecule has 3 aromatic carbocycles. The van der Waals surface area contributed by atoms with E-state index in [4.69, 9.17) is 11.6 Å². The van der Waals surface area contributed by atoms with Crippen molar-refractivity contribution in [3.63, 3.8) is 0 Å². The number of fused-ring (bicyclic) bond motifs is 1. The van der Waals surface area contributed by atoms with Crippen LogP contribution in [0.5, 0.6) is 0 Å². The van der Waals surface area contributed by atoms with Gasteiger partial charge in [0.25, 0.3) is 5.91 Å². The molecule has 1 aromatic heterocycles. The summed E-state index contributed by atoms with van der Waals surface area (Å²) < 4.78 is 14.6. The summed E-state index contributed by atoms with van der Waals surface area (Å²) in [7, 11) is 0. The molecular weight excluding hydrogens is 439 g/mol. The van der Waals surface area contributed by atoms with Crippen molar-refractivity contribution in [2.45, 2.75) is 13.0 Å². The first kappa shape index (κ1) is 21.3. The largest absolute Gasteiger partial charge is 0.351 e. The van der Waals surface area contributed by atoms with Crippen LogP contribution in [-0.4, -0.2) is 46.7 Å². The highest BCUT2D eigenvalue weighted by Gasteiger charge is 2.30. The van der Waals surface area contributed by atoms with Crippen molar-refractivity contribution in [2.75, 3.05) is 24.5 Å². The number of nitrogens with zero attached hydrogens (tertiary/aromatic N) is 4. The Morgan fingerprint density at radius 2 is 1.70 bits per heavy atom. The Kier molecular flexibility index (Phi) is 5.68. The second-order valence-corrected chi connectivity index (χ2v) is 8.64. The molecule has 0 N–H and O–H groups in total. The Bertz CT molecular complexity index is 1330. The van der Waals surface area contributed by atoms with Crippen molar-refractivity contribution < 1.29 is 9.18 Å². The Labute approximate surface area is 196 Å². The average Bonchev–Trinajstić information content (AvgIpc) is 2.84. The second-order valence-electron chi connectivity index (χ2n) is 8.20. The van der Waals surface area contributed by atoms with Crippen molar-refractivity contribution in [1.82, 2.24) is 15.1 Å². The fourth-order valence-electron chi connectivity index (χ4n) is 4.40. The highest BCUT2D eigenvalue weighted by molar-refractivity contribution is 6.30. The van der Waals surface area contributed by atoms with E-state index in [1.54, 1.807) is 12.1 Å². The summed E-state index contributed by atoms with van der Waals surface area (Å²) in [5, 5.41) is 11.0. The maximum atomic E-state index is 14.6. The van der Waals surface area contributed by atoms with Gasteiger partial charge in [-0.15, -0.1) is 10.2 Å². The van der Waals surface area contributed by atoms with Crippen LogP contribution in [0, 0.1) is 5.82 Å². The van der Waals surface area contributed by atoms with Gasteiger partial charge in [-0.2, -0.15) is 0 Å². The first-order valence-corrected chi connectivity index (χ1v) is 11.2. The predicted molar refractivity (Wildman–Crippen MR) is 129 cm³/mol. The molecule has 0 saturated carbocycles. The number of rotatable bonds is 3. The molecule has 166 valence electrons. The van der Waals surface area contributed by atoms with Gasteiger partial charge in [0.05, 0.1) is 0 Å². The number of hydrogen-bond acceptors (Lipinski definition) is 4. The smallest absolute Gasteiger partial charge is 0.254 e. The third-order valence-electron chi connectivity index (χ3n) is 6.06. The molecule has 0 spiro atoms. The summed E-state index contributed by atoms with van der Waals surface area (Å²) in [6.07, 6.45) is 0. The third kappa shape index (κ3) is 4.02. The van der Waals surface area contributed by atoms with E-state index < -0.39 is 5.82 Å². The zero-order chi connectivity index (χ0) is 22.9. The van der Waals surface area contributed by atoms with Crippen molar-refractivity contribution in [3.8, 4) is 11.3 Å². The quantitative estimate of drug-likeness (QED) is 0.408. The van der Waals surface area contributed by atoms with Crippen LogP contribution in [0.2, 0.25) is 5.02 Å². The normalized spacial score (nSPS) is 16.3. The summed E-state index contributed by atoms with van der Waals surface area (Å²) in [5.74, 6) is 0.339. The molecule has 0 aliphatic carbocycles. The lowest BCUT2D eigenvalue weighted by molar-refractivity contribution is 0.0674. The number of carbonyl (C=O) groups excluding carboxylic acids is 1. The standard InChI is InChI=1S/C26H22ClFN4O/c1-17-16-31(13-14-32(17)26(33)18-7-3-2-4-8-18)25-21-10-6-5-9-20(21)24(29-30-25)22-12-11-19(27)15-23(22)28/h2-12,15,17H,13-14,16H2,1H3/t17-/m0/s1. The highest BCUT2D eigenvalue weighted by Crippen LogP contribution is 2.34. The molecule has 4 aromatic rings. The van der Waals surface area contributed by atoms with E-state index in [2.05, 4.69) is 15.1 Å². The highest BCUT2D eigenvalue weighted by atomic mass is 35.5. The van der Waals surface area contributed by atoms with Gasteiger partial charge < -0.3 is 9.80 Å². The number of aromatic nitrogens is 2. The lowest BCUT2D eigenvalue weighted by Crippen LogP contribution is -2.54. The Hall–Kier alpha value is -3.51. The van der Waals surface area contributed by atoms with Crippen LogP contribution in [0.1, 0.15) is 17.3 Å². The lowest BCUT2D eigenvalue weighted by Gasteiger charge is -2.40. The Morgan fingerprint density at radius 3 is 2.42 bits per heavy atom. The summed E-state index contributed by atoms with van der Waals surface area (Å²) >= 11 is 5.93. The molecule has 0 bridgehead atoms. The van der Waals surface area contributed by atoms with Gasteiger partial charge in [-0.3, -0.25) is 4.79 Å². The SMILES string of the molecule is C[C@H]1CN(c2nnc(-c3ccc(Cl)cc3F)c3ccccc23)CCN1C(=O)c1ccccc1. The average molecular weight is 461 g/mol. The summed E-state index contributed by atoms with van der Waals surface area (Å²) in [6.45, 7) is 3.89. The molecule has 33 heavy (non-hydrogen) atoms. The van der Waals surface area contributed by atoms with Gasteiger partial charge in [-0.05, 0) is 37.3 Å². The number of amides is 1. The Balaban J connectivity index is 1.46. The van der Waals surface area contributed by atoms with E-state index in [0.717, 1.165) is 16.6 Å². The van der Waals surface area contributed by atoms with Gasteiger partial charge >= 0.3 is 0 Å². The van der Waals surface area contributed by atoms with Crippen LogP contribution in [0.15, 0.2) is 72.8 Å². The molecule has 1 aliphatic heterocycles. The van der Waals surface area contributed by atoms with Gasteiger partial charge in [0.15, 0.2) is 5.82 Å². The van der Waals surface area contributed by atoms with Crippen LogP contribution >= 0.6 is 11.6 Å². The monoisotopic (exact) mass is 460 g/mol. The van der Waals surface area contributed by atoms with Crippen LogP contribution in [0.25, 0.3) is 22.0 Å². The van der Waals surface area contributed by atoms with Gasteiger partial charge in [0.1, 0.15) is 11.5 Å². The molecule has 0 radical (unpaired) electrons. The fraction of sp³-hybridized carbons (Fsp3) is 0.192. The third-order valence-corrected chi connectivity index (χ3v) is 6.30. The van der Waals surface area contributed by atoms with Gasteiger partial charge in [-0.1, -0.05) is 54.1 Å². The maximum absolute atomic E-state index is 14.6. The Morgan fingerprint density at radius 1 is 0.970 bits per heavy atom. The maximum Gasteiger partial charge on any atom is 0.254 e. The molecule has 7 heteroatoms. The van der Waals surface area contributed by atoms with Crippen LogP contribution in [-0.2, 0) is 0 Å². The molecule has 1 atom stereocenters. The van der Waals surface area contributed by atoms with Gasteiger partial charge in [0.2, 0.25) is 0 Å². The minimum Gasteiger partial charge on any atom is -0.351 e. The second kappa shape index (κ2) is 8.79. The number of carbonyl (C=O) groups is 1. The van der Waals surface area contributed by atoms with E-state index in [9.17, 15) is 9.18 Å². The van der Waals surface area contributed by atoms with Gasteiger partial charge in [0, 0.05) is 52.6 Å². The number of anilines is 1. The first-order chi connectivity index (χ1) is 16.0. The molecule has 1 fully saturated rings. The van der Waals surface area contributed by atoms with Crippen LogP contribution < -0.4 is 4.90 Å². The van der Waals surface area contributed by atoms with Crippen molar-refractivity contribution >= 4 is 34.1 Å². The first-order valence-electron chi connectivity index (χ1n) is 10.8. The number of hydrogen-bond donors (Lipinski definition) is 0. The summed E-state index contributed by atoms with van der Waals surface area (Å²) in [6, 6.07) is 21.6. The van der Waals surface area contributed by atoms with E-state index in [0.29, 0.717) is 41.5 Å². The predicted octanol–water partition coefficient (Wildman–Crippen LogP) is 5.44. The molecule has 5 nitrogen and oxygen atoms in total. The molecule has 5 rings (SSSR count). The zero-order valence-corrected chi connectivity index (χ0v) is 18.8. The zero-order valence-electron chi connectivity index (χ0n) is 18.1. The summed E-state index contributed by atoms with van der Waals surface area (Å²) in [4.78, 5) is 17.0. The van der Waals surface area contributed by atoms with Crippen molar-refractivity contribution in [2.24, 2.45) is 0 Å². The summed E-state index contributed by atoms with van der Waals surface area (Å²) in [5.41, 5.74) is 1.54. The fourth-order valence-corrected chi connectivity index (χ4v) is 4.56. The van der Waals surface area contributed by atoms with Crippen LogP contribution in [0.3, 0.4) is 0 Å². The van der Waals surface area contributed by atoms with E-state index >= 15 is 0 Å². The number of halogens is 2. The molecule has 1 amide bonds. The molecule has 1 saturated heterocycles. The minimum atomic E-state index is -0.434. The van der Waals surface area contributed by atoms with Crippen molar-refractivity contribution in [3.05, 3.63) is 89.2 Å². The molecule has 1 aliphatic rings. The minimum absolute atomic E-state index is 0.000375. The molecule has 0 unspecified atom stereocenters. The van der Waals surface area contributed by atoms with E-state index in [1.807, 2.05) is 66.4 Å². The topological polar surface area (TPSA) is 49.3 Å². The lowest BCUT2D eigenvalue weighted by atomic mass is 10.0. The number of piperazine rings is 1. The molecular formula is C26H22ClFN4O. The molecule has 2 heterocycles.